The van der Waals surface area contributed by atoms with Gasteiger partial charge in [-0.15, -0.1) is 0 Å². The summed E-state index contributed by atoms with van der Waals surface area (Å²) in [7, 11) is 3.78. The molecule has 0 radical (unpaired) electrons. The predicted octanol–water partition coefficient (Wildman–Crippen LogP) is 3.06. The summed E-state index contributed by atoms with van der Waals surface area (Å²) in [5, 5.41) is 0. The number of piperidine rings is 1. The van der Waals surface area contributed by atoms with E-state index >= 15 is 0 Å². The maximum atomic E-state index is 13.2. The second-order valence-electron chi connectivity index (χ2n) is 8.57. The molecule has 1 aromatic carbocycles. The maximum absolute atomic E-state index is 13.2. The SMILES string of the molecule is Cc1nc(N(C)C)ncc1C(=O)N1CCCC(C)(Cc2ccc3c(c2)OCO3)C1. The molecule has 7 heteroatoms. The first-order valence-corrected chi connectivity index (χ1v) is 10.0. The largest absolute Gasteiger partial charge is 0.454 e. The van der Waals surface area contributed by atoms with Gasteiger partial charge in [0, 0.05) is 33.4 Å². The van der Waals surface area contributed by atoms with Crippen molar-refractivity contribution >= 4 is 11.9 Å². The van der Waals surface area contributed by atoms with Crippen LogP contribution in [0.3, 0.4) is 0 Å². The first kappa shape index (κ1) is 19.5. The summed E-state index contributed by atoms with van der Waals surface area (Å²) in [4.78, 5) is 25.8. The van der Waals surface area contributed by atoms with Gasteiger partial charge in [-0.2, -0.15) is 0 Å². The number of fused-ring (bicyclic) bond motifs is 1. The molecule has 7 nitrogen and oxygen atoms in total. The van der Waals surface area contributed by atoms with Crippen LogP contribution in [0, 0.1) is 12.3 Å². The van der Waals surface area contributed by atoms with Gasteiger partial charge in [0.05, 0.1) is 11.3 Å². The molecule has 2 aromatic rings. The maximum Gasteiger partial charge on any atom is 0.257 e. The highest BCUT2D eigenvalue weighted by atomic mass is 16.7. The normalized spacial score (nSPS) is 20.6. The first-order chi connectivity index (χ1) is 13.8. The van der Waals surface area contributed by atoms with Gasteiger partial charge in [0.15, 0.2) is 11.5 Å². The Morgan fingerprint density at radius 3 is 2.83 bits per heavy atom. The van der Waals surface area contributed by atoms with Crippen molar-refractivity contribution in [3.8, 4) is 11.5 Å². The molecule has 29 heavy (non-hydrogen) atoms. The lowest BCUT2D eigenvalue weighted by molar-refractivity contribution is 0.0549. The lowest BCUT2D eigenvalue weighted by Gasteiger charge is -2.41. The Balaban J connectivity index is 1.49. The van der Waals surface area contributed by atoms with Crippen molar-refractivity contribution in [2.24, 2.45) is 5.41 Å². The van der Waals surface area contributed by atoms with Crippen LogP contribution in [0.15, 0.2) is 24.4 Å². The van der Waals surface area contributed by atoms with E-state index in [1.807, 2.05) is 36.9 Å². The van der Waals surface area contributed by atoms with E-state index in [0.717, 1.165) is 49.5 Å². The molecule has 1 saturated heterocycles. The number of hydrogen-bond donors (Lipinski definition) is 0. The minimum absolute atomic E-state index is 0.0138. The first-order valence-electron chi connectivity index (χ1n) is 10.0. The zero-order valence-electron chi connectivity index (χ0n) is 17.6. The summed E-state index contributed by atoms with van der Waals surface area (Å²) in [6.45, 7) is 5.90. The van der Waals surface area contributed by atoms with Crippen molar-refractivity contribution in [3.63, 3.8) is 0 Å². The van der Waals surface area contributed by atoms with Crippen molar-refractivity contribution in [2.45, 2.75) is 33.1 Å². The van der Waals surface area contributed by atoms with E-state index in [2.05, 4.69) is 29.0 Å². The lowest BCUT2D eigenvalue weighted by Crippen LogP contribution is -2.46. The van der Waals surface area contributed by atoms with Crippen LogP contribution >= 0.6 is 0 Å². The molecular weight excluding hydrogens is 368 g/mol. The molecule has 3 heterocycles. The summed E-state index contributed by atoms with van der Waals surface area (Å²) in [6, 6.07) is 6.13. The number of rotatable bonds is 4. The Kier molecular flexibility index (Phi) is 5.06. The van der Waals surface area contributed by atoms with Crippen molar-refractivity contribution < 1.29 is 14.3 Å². The molecule has 2 aliphatic rings. The Bertz CT molecular complexity index is 930. The average Bonchev–Trinajstić information content (AvgIpc) is 3.15. The number of carbonyl (C=O) groups is 1. The molecule has 2 aliphatic heterocycles. The van der Waals surface area contributed by atoms with Crippen LogP contribution in [0.5, 0.6) is 11.5 Å². The van der Waals surface area contributed by atoms with Crippen LogP contribution in [0.4, 0.5) is 5.95 Å². The van der Waals surface area contributed by atoms with E-state index in [9.17, 15) is 4.79 Å². The highest BCUT2D eigenvalue weighted by molar-refractivity contribution is 5.95. The number of ether oxygens (including phenoxy) is 2. The molecule has 0 N–H and O–H groups in total. The van der Waals surface area contributed by atoms with Crippen LogP contribution in [-0.2, 0) is 6.42 Å². The molecule has 1 atom stereocenters. The minimum Gasteiger partial charge on any atom is -0.454 e. The second-order valence-corrected chi connectivity index (χ2v) is 8.57. The van der Waals surface area contributed by atoms with Crippen LogP contribution in [-0.4, -0.2) is 54.8 Å². The zero-order valence-corrected chi connectivity index (χ0v) is 17.6. The van der Waals surface area contributed by atoms with Crippen LogP contribution < -0.4 is 14.4 Å². The van der Waals surface area contributed by atoms with Crippen molar-refractivity contribution in [1.82, 2.24) is 14.9 Å². The van der Waals surface area contributed by atoms with Gasteiger partial charge >= 0.3 is 0 Å². The number of benzene rings is 1. The highest BCUT2D eigenvalue weighted by Gasteiger charge is 2.34. The van der Waals surface area contributed by atoms with Gasteiger partial charge in [0.2, 0.25) is 12.7 Å². The second kappa shape index (κ2) is 7.54. The molecule has 0 bridgehead atoms. The molecule has 1 amide bonds. The molecule has 0 saturated carbocycles. The molecule has 1 fully saturated rings. The monoisotopic (exact) mass is 396 g/mol. The number of anilines is 1. The van der Waals surface area contributed by atoms with Gasteiger partial charge in [-0.25, -0.2) is 9.97 Å². The number of aromatic nitrogens is 2. The predicted molar refractivity (Wildman–Crippen MR) is 111 cm³/mol. The lowest BCUT2D eigenvalue weighted by atomic mass is 9.76. The Hall–Kier alpha value is -2.83. The fourth-order valence-electron chi connectivity index (χ4n) is 4.23. The van der Waals surface area contributed by atoms with Crippen molar-refractivity contribution in [1.29, 1.82) is 0 Å². The van der Waals surface area contributed by atoms with Crippen LogP contribution in [0.1, 0.15) is 41.4 Å². The average molecular weight is 396 g/mol. The number of hydrogen-bond acceptors (Lipinski definition) is 6. The van der Waals surface area contributed by atoms with E-state index in [1.54, 1.807) is 6.20 Å². The molecule has 154 valence electrons. The van der Waals surface area contributed by atoms with Crippen molar-refractivity contribution in [3.05, 3.63) is 41.2 Å². The van der Waals surface area contributed by atoms with Gasteiger partial charge in [0.25, 0.3) is 5.91 Å². The third-order valence-electron chi connectivity index (χ3n) is 5.73. The van der Waals surface area contributed by atoms with E-state index in [-0.39, 0.29) is 18.1 Å². The molecular formula is C22H28N4O3. The highest BCUT2D eigenvalue weighted by Crippen LogP contribution is 2.38. The molecule has 4 rings (SSSR count). The fourth-order valence-corrected chi connectivity index (χ4v) is 4.23. The standard InChI is InChI=1S/C22H28N4O3/c1-15-17(12-23-21(24-15)25(3)4)20(27)26-9-5-8-22(2,13-26)11-16-6-7-18-19(10-16)29-14-28-18/h6-7,10,12H,5,8-9,11,13-14H2,1-4H3. The molecule has 0 spiro atoms. The van der Waals surface area contributed by atoms with Crippen LogP contribution in [0.2, 0.25) is 0 Å². The summed E-state index contributed by atoms with van der Waals surface area (Å²) < 4.78 is 10.9. The van der Waals surface area contributed by atoms with E-state index in [1.165, 1.54) is 5.56 Å². The van der Waals surface area contributed by atoms with Crippen LogP contribution in [0.25, 0.3) is 0 Å². The summed E-state index contributed by atoms with van der Waals surface area (Å²) in [5.74, 6) is 2.24. The van der Waals surface area contributed by atoms with Crippen molar-refractivity contribution in [2.75, 3.05) is 38.9 Å². The third kappa shape index (κ3) is 3.99. The summed E-state index contributed by atoms with van der Waals surface area (Å²) in [6.07, 6.45) is 4.62. The summed E-state index contributed by atoms with van der Waals surface area (Å²) in [5.41, 5.74) is 2.53. The number of carbonyl (C=O) groups excluding carboxylic acids is 1. The Morgan fingerprint density at radius 2 is 2.07 bits per heavy atom. The van der Waals surface area contributed by atoms with E-state index < -0.39 is 0 Å². The molecule has 0 aliphatic carbocycles. The molecule has 1 unspecified atom stereocenters. The zero-order chi connectivity index (χ0) is 20.6. The van der Waals surface area contributed by atoms with Gasteiger partial charge in [-0.05, 0) is 49.3 Å². The van der Waals surface area contributed by atoms with Gasteiger partial charge < -0.3 is 19.3 Å². The number of amides is 1. The van der Waals surface area contributed by atoms with Gasteiger partial charge in [-0.3, -0.25) is 4.79 Å². The number of nitrogens with zero attached hydrogens (tertiary/aromatic N) is 4. The van der Waals surface area contributed by atoms with Gasteiger partial charge in [0.1, 0.15) is 0 Å². The van der Waals surface area contributed by atoms with Gasteiger partial charge in [-0.1, -0.05) is 13.0 Å². The van der Waals surface area contributed by atoms with E-state index in [4.69, 9.17) is 9.47 Å². The fraction of sp³-hybridized carbons (Fsp3) is 0.500. The van der Waals surface area contributed by atoms with E-state index in [0.29, 0.717) is 11.5 Å². The Labute approximate surface area is 171 Å². The third-order valence-corrected chi connectivity index (χ3v) is 5.73. The Morgan fingerprint density at radius 1 is 1.28 bits per heavy atom. The smallest absolute Gasteiger partial charge is 0.257 e. The summed E-state index contributed by atoms with van der Waals surface area (Å²) >= 11 is 0. The number of likely N-dealkylation sites (tertiary alicyclic amines) is 1. The topological polar surface area (TPSA) is 67.8 Å². The number of aryl methyl sites for hydroxylation is 1. The molecule has 1 aromatic heterocycles. The quantitative estimate of drug-likeness (QED) is 0.791. The minimum atomic E-state index is 0.0138.